The summed E-state index contributed by atoms with van der Waals surface area (Å²) in [6.45, 7) is 10.6. The SMILES string of the molecule is C=C(C)C(=O)Oc1ccc2cc(N(c3ccc(C=C(c4ccccc4)c4ccccc4)cc3)c3ccc4cc(OC(=O)C(=C)C)ccc4c3)ccc2c1. The molecule has 0 aliphatic heterocycles. The van der Waals surface area contributed by atoms with Crippen molar-refractivity contribution in [1.82, 2.24) is 0 Å². The molecule has 53 heavy (non-hydrogen) atoms. The summed E-state index contributed by atoms with van der Waals surface area (Å²) in [7, 11) is 0. The van der Waals surface area contributed by atoms with Crippen molar-refractivity contribution in [3.63, 3.8) is 0 Å². The topological polar surface area (TPSA) is 55.8 Å². The summed E-state index contributed by atoms with van der Waals surface area (Å²) < 4.78 is 11.0. The van der Waals surface area contributed by atoms with Crippen LogP contribution < -0.4 is 14.4 Å². The monoisotopic (exact) mass is 691 g/mol. The van der Waals surface area contributed by atoms with Crippen molar-refractivity contribution in [2.45, 2.75) is 13.8 Å². The van der Waals surface area contributed by atoms with Crippen molar-refractivity contribution in [1.29, 1.82) is 0 Å². The van der Waals surface area contributed by atoms with E-state index in [-0.39, 0.29) is 0 Å². The van der Waals surface area contributed by atoms with Gasteiger partial charge in [-0.15, -0.1) is 0 Å². The number of nitrogens with zero attached hydrogens (tertiary/aromatic N) is 1. The van der Waals surface area contributed by atoms with Crippen LogP contribution in [0.25, 0.3) is 33.2 Å². The first-order valence-electron chi connectivity index (χ1n) is 17.3. The Labute approximate surface area is 309 Å². The Morgan fingerprint density at radius 1 is 0.491 bits per heavy atom. The first kappa shape index (κ1) is 34.5. The summed E-state index contributed by atoms with van der Waals surface area (Å²) >= 11 is 0. The molecule has 5 heteroatoms. The third-order valence-corrected chi connectivity index (χ3v) is 8.86. The Hall–Kier alpha value is -6.98. The lowest BCUT2D eigenvalue weighted by Gasteiger charge is -2.26. The summed E-state index contributed by atoms with van der Waals surface area (Å²) in [5, 5.41) is 3.85. The van der Waals surface area contributed by atoms with Crippen LogP contribution in [0.5, 0.6) is 11.5 Å². The van der Waals surface area contributed by atoms with E-state index in [0.717, 1.165) is 60.9 Å². The molecule has 7 aromatic carbocycles. The number of hydrogen-bond acceptors (Lipinski definition) is 5. The van der Waals surface area contributed by atoms with Gasteiger partial charge in [-0.25, -0.2) is 9.59 Å². The highest BCUT2D eigenvalue weighted by Crippen LogP contribution is 2.39. The lowest BCUT2D eigenvalue weighted by molar-refractivity contribution is -0.130. The molecule has 0 fully saturated rings. The zero-order valence-electron chi connectivity index (χ0n) is 29.6. The van der Waals surface area contributed by atoms with E-state index >= 15 is 0 Å². The van der Waals surface area contributed by atoms with Crippen LogP contribution in [0.4, 0.5) is 17.1 Å². The Balaban J connectivity index is 1.29. The molecule has 0 heterocycles. The van der Waals surface area contributed by atoms with Crippen LogP contribution in [-0.4, -0.2) is 11.9 Å². The van der Waals surface area contributed by atoms with Gasteiger partial charge in [0.05, 0.1) is 0 Å². The second-order valence-corrected chi connectivity index (χ2v) is 12.9. The van der Waals surface area contributed by atoms with Gasteiger partial charge in [0.15, 0.2) is 0 Å². The van der Waals surface area contributed by atoms with Crippen LogP contribution >= 0.6 is 0 Å². The fourth-order valence-electron chi connectivity index (χ4n) is 6.12. The van der Waals surface area contributed by atoms with Gasteiger partial charge in [-0.1, -0.05) is 110 Å². The van der Waals surface area contributed by atoms with Gasteiger partial charge in [-0.3, -0.25) is 0 Å². The molecular weight excluding hydrogens is 655 g/mol. The van der Waals surface area contributed by atoms with Crippen LogP contribution in [0.15, 0.2) is 182 Å². The first-order chi connectivity index (χ1) is 25.7. The molecule has 0 amide bonds. The number of esters is 2. The minimum absolute atomic E-state index is 0.341. The summed E-state index contributed by atoms with van der Waals surface area (Å²) in [6.07, 6.45) is 2.22. The van der Waals surface area contributed by atoms with Gasteiger partial charge in [-0.05, 0) is 124 Å². The zero-order valence-corrected chi connectivity index (χ0v) is 29.6. The fourth-order valence-corrected chi connectivity index (χ4v) is 6.12. The quantitative estimate of drug-likeness (QED) is 0.0618. The molecule has 0 aliphatic carbocycles. The third kappa shape index (κ3) is 7.85. The molecule has 258 valence electrons. The molecule has 7 rings (SSSR count). The minimum atomic E-state index is -0.456. The molecule has 0 atom stereocenters. The smallest absolute Gasteiger partial charge is 0.338 e. The molecular formula is C48H37NO4. The number of rotatable bonds is 10. The molecule has 7 aromatic rings. The average molecular weight is 692 g/mol. The number of hydrogen-bond donors (Lipinski definition) is 0. The zero-order chi connectivity index (χ0) is 36.9. The molecule has 0 bridgehead atoms. The largest absolute Gasteiger partial charge is 0.423 e. The average Bonchev–Trinajstić information content (AvgIpc) is 3.18. The normalized spacial score (nSPS) is 10.8. The predicted molar refractivity (Wildman–Crippen MR) is 217 cm³/mol. The summed E-state index contributed by atoms with van der Waals surface area (Å²) in [5.41, 5.74) is 8.06. The van der Waals surface area contributed by atoms with E-state index in [9.17, 15) is 9.59 Å². The number of fused-ring (bicyclic) bond motifs is 2. The van der Waals surface area contributed by atoms with Crippen LogP contribution in [0, 0.1) is 0 Å². The van der Waals surface area contributed by atoms with Gasteiger partial charge in [0.25, 0.3) is 0 Å². The summed E-state index contributed by atoms with van der Waals surface area (Å²) in [4.78, 5) is 26.5. The van der Waals surface area contributed by atoms with Gasteiger partial charge >= 0.3 is 11.9 Å². The van der Waals surface area contributed by atoms with E-state index in [1.165, 1.54) is 0 Å². The number of carbonyl (C=O) groups excluding carboxylic acids is 2. The molecule has 0 radical (unpaired) electrons. The van der Waals surface area contributed by atoms with Crippen LogP contribution in [0.2, 0.25) is 0 Å². The maximum Gasteiger partial charge on any atom is 0.338 e. The highest BCUT2D eigenvalue weighted by atomic mass is 16.5. The van der Waals surface area contributed by atoms with Crippen LogP contribution in [0.3, 0.4) is 0 Å². The molecule has 0 saturated carbocycles. The van der Waals surface area contributed by atoms with E-state index in [0.29, 0.717) is 22.6 Å². The predicted octanol–water partition coefficient (Wildman–Crippen LogP) is 12.0. The van der Waals surface area contributed by atoms with E-state index in [1.54, 1.807) is 26.0 Å². The van der Waals surface area contributed by atoms with Crippen molar-refractivity contribution < 1.29 is 19.1 Å². The standard InChI is InChI=1S/C48H37NO4/c1-32(2)47(50)52-44-25-19-37-28-42(23-17-39(37)30-44)49(43-24-18-40-31-45(26-20-38(40)29-43)53-48(51)33(3)4)41-21-15-34(16-22-41)27-46(35-11-7-5-8-12-35)36-13-9-6-10-14-36/h5-31H,1,3H2,2,4H3. The number of carbonyl (C=O) groups is 2. The molecule has 0 N–H and O–H groups in total. The first-order valence-corrected chi connectivity index (χ1v) is 17.3. The molecule has 5 nitrogen and oxygen atoms in total. The van der Waals surface area contributed by atoms with Crippen molar-refractivity contribution >= 4 is 62.2 Å². The van der Waals surface area contributed by atoms with Crippen molar-refractivity contribution in [2.75, 3.05) is 4.90 Å². The second-order valence-electron chi connectivity index (χ2n) is 12.9. The highest BCUT2D eigenvalue weighted by molar-refractivity contribution is 5.96. The van der Waals surface area contributed by atoms with E-state index < -0.39 is 11.9 Å². The van der Waals surface area contributed by atoms with Gasteiger partial charge in [0, 0.05) is 28.2 Å². The molecule has 0 aliphatic rings. The van der Waals surface area contributed by atoms with Crippen molar-refractivity contribution in [3.8, 4) is 11.5 Å². The summed E-state index contributed by atoms with van der Waals surface area (Å²) in [5.74, 6) is 0.0175. The number of ether oxygens (including phenoxy) is 2. The van der Waals surface area contributed by atoms with Gasteiger partial charge in [0.2, 0.25) is 0 Å². The minimum Gasteiger partial charge on any atom is -0.423 e. The van der Waals surface area contributed by atoms with Gasteiger partial charge in [-0.2, -0.15) is 0 Å². The Morgan fingerprint density at radius 3 is 1.32 bits per heavy atom. The number of anilines is 3. The van der Waals surface area contributed by atoms with Gasteiger partial charge < -0.3 is 14.4 Å². The Morgan fingerprint density at radius 2 is 0.887 bits per heavy atom. The molecule has 0 spiro atoms. The van der Waals surface area contributed by atoms with E-state index in [4.69, 9.17) is 9.47 Å². The molecule has 0 unspecified atom stereocenters. The maximum absolute atomic E-state index is 12.2. The van der Waals surface area contributed by atoms with E-state index in [2.05, 4.69) is 121 Å². The third-order valence-electron chi connectivity index (χ3n) is 8.86. The van der Waals surface area contributed by atoms with Crippen molar-refractivity contribution in [3.05, 3.63) is 199 Å². The van der Waals surface area contributed by atoms with Crippen LogP contribution in [0.1, 0.15) is 30.5 Å². The maximum atomic E-state index is 12.2. The van der Waals surface area contributed by atoms with E-state index in [1.807, 2.05) is 48.5 Å². The van der Waals surface area contributed by atoms with Crippen molar-refractivity contribution in [2.24, 2.45) is 0 Å². The molecule has 0 aromatic heterocycles. The number of benzene rings is 7. The second kappa shape index (κ2) is 15.1. The molecule has 0 saturated heterocycles. The van der Waals surface area contributed by atoms with Gasteiger partial charge in [0.1, 0.15) is 11.5 Å². The Kier molecular flexibility index (Phi) is 9.82. The highest BCUT2D eigenvalue weighted by Gasteiger charge is 2.16. The lowest BCUT2D eigenvalue weighted by atomic mass is 9.95. The lowest BCUT2D eigenvalue weighted by Crippen LogP contribution is -2.10. The summed E-state index contributed by atoms with van der Waals surface area (Å²) in [6, 6.07) is 53.0. The van der Waals surface area contributed by atoms with Crippen LogP contribution in [-0.2, 0) is 9.59 Å². The Bertz CT molecular complexity index is 2380. The fraction of sp³-hybridized carbons (Fsp3) is 0.0417.